The molecule has 0 bridgehead atoms. The first kappa shape index (κ1) is 14.9. The number of hydrogen-bond acceptors (Lipinski definition) is 4. The summed E-state index contributed by atoms with van der Waals surface area (Å²) in [4.78, 5) is 14.0. The number of anilines is 1. The fourth-order valence-corrected chi connectivity index (χ4v) is 2.11. The van der Waals surface area contributed by atoms with Crippen LogP contribution in [0.25, 0.3) is 0 Å². The average Bonchev–Trinajstić information content (AvgIpc) is 2.54. The normalized spacial score (nSPS) is 10.2. The summed E-state index contributed by atoms with van der Waals surface area (Å²) in [5, 5.41) is 9.90. The third kappa shape index (κ3) is 2.98. The predicted molar refractivity (Wildman–Crippen MR) is 81.7 cm³/mol. The number of carbonyl (C=O) groups is 1. The third-order valence-corrected chi connectivity index (χ3v) is 3.31. The number of aromatic hydroxyl groups is 1. The quantitative estimate of drug-likeness (QED) is 0.903. The number of amides is 1. The van der Waals surface area contributed by atoms with Gasteiger partial charge in [0.15, 0.2) is 0 Å². The average molecular weight is 286 g/mol. The van der Waals surface area contributed by atoms with E-state index in [9.17, 15) is 9.90 Å². The highest BCUT2D eigenvalue weighted by atomic mass is 16.5. The van der Waals surface area contributed by atoms with Gasteiger partial charge in [0.05, 0.1) is 12.7 Å². The lowest BCUT2D eigenvalue weighted by Crippen LogP contribution is -2.27. The Bertz CT molecular complexity index is 656. The molecule has 2 aromatic carbocycles. The molecule has 0 spiro atoms. The van der Waals surface area contributed by atoms with Gasteiger partial charge in [-0.05, 0) is 29.8 Å². The van der Waals surface area contributed by atoms with E-state index in [1.807, 2.05) is 24.3 Å². The number of rotatable bonds is 4. The second-order valence-electron chi connectivity index (χ2n) is 4.58. The number of para-hydroxylation sites is 1. The van der Waals surface area contributed by atoms with Gasteiger partial charge < -0.3 is 20.5 Å². The van der Waals surface area contributed by atoms with Crippen LogP contribution in [0.4, 0.5) is 5.69 Å². The topological polar surface area (TPSA) is 75.8 Å². The lowest BCUT2D eigenvalue weighted by Gasteiger charge is -2.21. The smallest absolute Gasteiger partial charge is 0.261 e. The van der Waals surface area contributed by atoms with Gasteiger partial charge in [0.1, 0.15) is 11.5 Å². The van der Waals surface area contributed by atoms with Gasteiger partial charge in [-0.25, -0.2) is 0 Å². The number of nitrogens with two attached hydrogens (primary N) is 1. The van der Waals surface area contributed by atoms with E-state index in [-0.39, 0.29) is 17.2 Å². The van der Waals surface area contributed by atoms with Gasteiger partial charge in [-0.15, -0.1) is 0 Å². The van der Waals surface area contributed by atoms with Gasteiger partial charge in [-0.3, -0.25) is 4.79 Å². The zero-order valence-electron chi connectivity index (χ0n) is 12.0. The van der Waals surface area contributed by atoms with Crippen molar-refractivity contribution in [1.29, 1.82) is 0 Å². The predicted octanol–water partition coefficient (Wildman–Crippen LogP) is 2.14. The summed E-state index contributed by atoms with van der Waals surface area (Å²) < 4.78 is 5.09. The Balaban J connectivity index is 2.39. The van der Waals surface area contributed by atoms with Gasteiger partial charge in [0.2, 0.25) is 0 Å². The Morgan fingerprint density at radius 3 is 2.67 bits per heavy atom. The number of phenolic OH excluding ortho intramolecular Hbond substituents is 1. The lowest BCUT2D eigenvalue weighted by molar-refractivity contribution is 0.0990. The largest absolute Gasteiger partial charge is 0.507 e. The maximum atomic E-state index is 12.6. The van der Waals surface area contributed by atoms with E-state index in [0.29, 0.717) is 18.0 Å². The maximum absolute atomic E-state index is 12.6. The SMILES string of the molecule is COc1ccc(O)c(C(=O)N(C)c2ccccc2CN)c1. The van der Waals surface area contributed by atoms with Crippen LogP contribution < -0.4 is 15.4 Å². The van der Waals surface area contributed by atoms with Crippen LogP contribution in [0.1, 0.15) is 15.9 Å². The van der Waals surface area contributed by atoms with Crippen molar-refractivity contribution in [2.75, 3.05) is 19.1 Å². The number of hydrogen-bond donors (Lipinski definition) is 2. The molecule has 0 atom stereocenters. The minimum Gasteiger partial charge on any atom is -0.507 e. The highest BCUT2D eigenvalue weighted by molar-refractivity contribution is 6.08. The van der Waals surface area contributed by atoms with Crippen LogP contribution in [0, 0.1) is 0 Å². The Morgan fingerprint density at radius 2 is 2.00 bits per heavy atom. The summed E-state index contributed by atoms with van der Waals surface area (Å²) in [5.74, 6) is 0.0989. The Hall–Kier alpha value is -2.53. The van der Waals surface area contributed by atoms with Crippen molar-refractivity contribution in [3.8, 4) is 11.5 Å². The van der Waals surface area contributed by atoms with E-state index >= 15 is 0 Å². The zero-order valence-corrected chi connectivity index (χ0v) is 12.0. The molecule has 3 N–H and O–H groups in total. The van der Waals surface area contributed by atoms with Crippen LogP contribution in [0.3, 0.4) is 0 Å². The molecule has 5 heteroatoms. The monoisotopic (exact) mass is 286 g/mol. The molecule has 0 aliphatic rings. The summed E-state index contributed by atoms with van der Waals surface area (Å²) >= 11 is 0. The van der Waals surface area contributed by atoms with Crippen LogP contribution in [-0.2, 0) is 6.54 Å². The molecule has 0 heterocycles. The van der Waals surface area contributed by atoms with Crippen LogP contribution in [0.15, 0.2) is 42.5 Å². The minimum absolute atomic E-state index is 0.0853. The molecule has 0 aliphatic heterocycles. The van der Waals surface area contributed by atoms with E-state index in [0.717, 1.165) is 5.56 Å². The molecule has 5 nitrogen and oxygen atoms in total. The Labute approximate surface area is 123 Å². The van der Waals surface area contributed by atoms with E-state index in [1.54, 1.807) is 13.1 Å². The second-order valence-corrected chi connectivity index (χ2v) is 4.58. The van der Waals surface area contributed by atoms with Gasteiger partial charge in [-0.1, -0.05) is 18.2 Å². The molecule has 0 aromatic heterocycles. The molecule has 0 radical (unpaired) electrons. The number of ether oxygens (including phenoxy) is 1. The molecule has 2 rings (SSSR count). The number of nitrogens with zero attached hydrogens (tertiary/aromatic N) is 1. The molecular formula is C16H18N2O3. The minimum atomic E-state index is -0.327. The molecule has 0 saturated heterocycles. The standard InChI is InChI=1S/C16H18N2O3/c1-18(14-6-4-3-5-11(14)10-17)16(20)13-9-12(21-2)7-8-15(13)19/h3-9,19H,10,17H2,1-2H3. The van der Waals surface area contributed by atoms with E-state index < -0.39 is 0 Å². The van der Waals surface area contributed by atoms with Gasteiger partial charge in [0.25, 0.3) is 5.91 Å². The molecule has 0 fully saturated rings. The summed E-state index contributed by atoms with van der Waals surface area (Å²) in [6.45, 7) is 0.331. The maximum Gasteiger partial charge on any atom is 0.261 e. The highest BCUT2D eigenvalue weighted by Gasteiger charge is 2.19. The van der Waals surface area contributed by atoms with Crippen LogP contribution >= 0.6 is 0 Å². The van der Waals surface area contributed by atoms with Crippen LogP contribution in [0.2, 0.25) is 0 Å². The second kappa shape index (κ2) is 6.28. The Morgan fingerprint density at radius 1 is 1.29 bits per heavy atom. The first-order chi connectivity index (χ1) is 10.1. The van der Waals surface area contributed by atoms with Gasteiger partial charge in [-0.2, -0.15) is 0 Å². The molecule has 0 saturated carbocycles. The molecule has 0 aliphatic carbocycles. The van der Waals surface area contributed by atoms with Crippen LogP contribution in [-0.4, -0.2) is 25.2 Å². The van der Waals surface area contributed by atoms with Gasteiger partial charge in [0, 0.05) is 19.3 Å². The molecule has 0 unspecified atom stereocenters. The van der Waals surface area contributed by atoms with Crippen molar-refractivity contribution in [2.24, 2.45) is 5.73 Å². The summed E-state index contributed by atoms with van der Waals surface area (Å²) in [6, 6.07) is 11.9. The van der Waals surface area contributed by atoms with Crippen molar-refractivity contribution in [3.63, 3.8) is 0 Å². The van der Waals surface area contributed by atoms with E-state index in [4.69, 9.17) is 10.5 Å². The first-order valence-electron chi connectivity index (χ1n) is 6.51. The summed E-state index contributed by atoms with van der Waals surface area (Å²) in [7, 11) is 3.16. The lowest BCUT2D eigenvalue weighted by atomic mass is 10.1. The fraction of sp³-hybridized carbons (Fsp3) is 0.188. The Kier molecular flexibility index (Phi) is 4.45. The zero-order chi connectivity index (χ0) is 15.4. The van der Waals surface area contributed by atoms with Crippen molar-refractivity contribution in [1.82, 2.24) is 0 Å². The molecular weight excluding hydrogens is 268 g/mol. The molecule has 1 amide bonds. The van der Waals surface area contributed by atoms with Crippen LogP contribution in [0.5, 0.6) is 11.5 Å². The van der Waals surface area contributed by atoms with Crippen molar-refractivity contribution in [3.05, 3.63) is 53.6 Å². The fourth-order valence-electron chi connectivity index (χ4n) is 2.11. The first-order valence-corrected chi connectivity index (χ1v) is 6.51. The number of methoxy groups -OCH3 is 1. The van der Waals surface area contributed by atoms with E-state index in [2.05, 4.69) is 0 Å². The van der Waals surface area contributed by atoms with Gasteiger partial charge >= 0.3 is 0 Å². The number of benzene rings is 2. The summed E-state index contributed by atoms with van der Waals surface area (Å²) in [5.41, 5.74) is 7.45. The molecule has 2 aromatic rings. The highest BCUT2D eigenvalue weighted by Crippen LogP contribution is 2.27. The van der Waals surface area contributed by atoms with Crippen molar-refractivity contribution in [2.45, 2.75) is 6.54 Å². The third-order valence-electron chi connectivity index (χ3n) is 3.31. The molecule has 110 valence electrons. The number of phenols is 1. The number of carbonyl (C=O) groups excluding carboxylic acids is 1. The van der Waals surface area contributed by atoms with Crippen molar-refractivity contribution < 1.29 is 14.6 Å². The van der Waals surface area contributed by atoms with Crippen molar-refractivity contribution >= 4 is 11.6 Å². The summed E-state index contributed by atoms with van der Waals surface area (Å²) in [6.07, 6.45) is 0. The molecule has 21 heavy (non-hydrogen) atoms. The van der Waals surface area contributed by atoms with E-state index in [1.165, 1.54) is 24.1 Å².